The van der Waals surface area contributed by atoms with Gasteiger partial charge in [0.05, 0.1) is 18.1 Å². The number of benzene rings is 1. The fourth-order valence-corrected chi connectivity index (χ4v) is 4.89. The van der Waals surface area contributed by atoms with Crippen molar-refractivity contribution in [3.05, 3.63) is 76.0 Å². The van der Waals surface area contributed by atoms with E-state index in [1.807, 2.05) is 0 Å². The summed E-state index contributed by atoms with van der Waals surface area (Å²) in [5, 5.41) is 0. The van der Waals surface area contributed by atoms with E-state index in [1.54, 1.807) is 34.7 Å². The smallest absolute Gasteiger partial charge is 0.420 e. The minimum Gasteiger partial charge on any atom is -0.488 e. The van der Waals surface area contributed by atoms with Gasteiger partial charge in [-0.25, -0.2) is 9.37 Å². The first-order valence-electron chi connectivity index (χ1n) is 11.2. The van der Waals surface area contributed by atoms with E-state index >= 15 is 0 Å². The molecule has 1 fully saturated rings. The quantitative estimate of drug-likeness (QED) is 0.520. The molecule has 1 aliphatic heterocycles. The number of aryl methyl sites for hydroxylation is 1. The van der Waals surface area contributed by atoms with E-state index < -0.39 is 35.5 Å². The summed E-state index contributed by atoms with van der Waals surface area (Å²) in [6.45, 7) is 2.27. The van der Waals surface area contributed by atoms with Crippen LogP contribution in [0.4, 0.5) is 17.6 Å². The highest BCUT2D eigenvalue weighted by Gasteiger charge is 2.41. The largest absolute Gasteiger partial charge is 0.488 e. The third-order valence-corrected chi connectivity index (χ3v) is 6.53. The van der Waals surface area contributed by atoms with Crippen LogP contribution in [0.3, 0.4) is 0 Å². The van der Waals surface area contributed by atoms with E-state index in [0.717, 1.165) is 17.8 Å². The molecule has 2 aliphatic rings. The monoisotopic (exact) mass is 490 g/mol. The lowest BCUT2D eigenvalue weighted by Crippen LogP contribution is -2.52. The first kappa shape index (κ1) is 23.1. The van der Waals surface area contributed by atoms with Gasteiger partial charge in [-0.3, -0.25) is 9.59 Å². The number of hydrogen-bond acceptors (Lipinski definition) is 4. The Balaban J connectivity index is 1.41. The predicted octanol–water partition coefficient (Wildman–Crippen LogP) is 3.96. The number of pyridine rings is 1. The zero-order valence-electron chi connectivity index (χ0n) is 18.8. The molecule has 1 aromatic carbocycles. The van der Waals surface area contributed by atoms with Crippen LogP contribution in [-0.2, 0) is 12.7 Å². The number of carbonyl (C=O) groups excluding carboxylic acids is 1. The van der Waals surface area contributed by atoms with Gasteiger partial charge in [0.1, 0.15) is 34.6 Å². The standard InChI is InChI=1S/C24H22F4N4O3/c1-14-12-30(13-29-14)18-6-7-19-23(34)31(9-10-32(19)22(18)33)17-3-2-4-21(17)35-20-8-5-15(25)11-16(20)24(26,27)28/h5-8,11-13,17,21H,2-4,9-10H2,1H3/t17-,21+/m1/s1. The van der Waals surface area contributed by atoms with Gasteiger partial charge in [0, 0.05) is 19.3 Å². The van der Waals surface area contributed by atoms with Crippen molar-refractivity contribution < 1.29 is 27.1 Å². The van der Waals surface area contributed by atoms with Crippen molar-refractivity contribution in [3.8, 4) is 11.4 Å². The van der Waals surface area contributed by atoms with Crippen LogP contribution in [0.5, 0.6) is 5.75 Å². The van der Waals surface area contributed by atoms with Crippen molar-refractivity contribution in [2.45, 2.75) is 51.1 Å². The summed E-state index contributed by atoms with van der Waals surface area (Å²) in [6.07, 6.45) is -0.556. The van der Waals surface area contributed by atoms with Crippen LogP contribution in [0.25, 0.3) is 5.69 Å². The Hall–Kier alpha value is -3.63. The summed E-state index contributed by atoms with van der Waals surface area (Å²) in [7, 11) is 0. The molecule has 5 rings (SSSR count). The first-order chi connectivity index (χ1) is 16.6. The third kappa shape index (κ3) is 4.19. The molecule has 0 saturated heterocycles. The third-order valence-electron chi connectivity index (χ3n) is 6.53. The number of ether oxygens (including phenoxy) is 1. The summed E-state index contributed by atoms with van der Waals surface area (Å²) in [4.78, 5) is 32.1. The van der Waals surface area contributed by atoms with Gasteiger partial charge < -0.3 is 18.8 Å². The first-order valence-corrected chi connectivity index (χ1v) is 11.2. The average molecular weight is 490 g/mol. The molecule has 184 valence electrons. The fraction of sp³-hybridized carbons (Fsp3) is 0.375. The zero-order chi connectivity index (χ0) is 24.9. The van der Waals surface area contributed by atoms with Crippen LogP contribution < -0.4 is 10.3 Å². The lowest BCUT2D eigenvalue weighted by molar-refractivity contribution is -0.139. The van der Waals surface area contributed by atoms with Gasteiger partial charge in [0.15, 0.2) is 0 Å². The average Bonchev–Trinajstić information content (AvgIpc) is 3.44. The summed E-state index contributed by atoms with van der Waals surface area (Å²) in [6, 6.07) is 4.98. The molecule has 1 amide bonds. The molecule has 7 nitrogen and oxygen atoms in total. The Labute approximate surface area is 197 Å². The van der Waals surface area contributed by atoms with E-state index in [0.29, 0.717) is 31.0 Å². The minimum absolute atomic E-state index is 0.213. The van der Waals surface area contributed by atoms with Crippen molar-refractivity contribution in [2.75, 3.05) is 6.54 Å². The number of fused-ring (bicyclic) bond motifs is 1. The molecule has 2 aromatic heterocycles. The Kier molecular flexibility index (Phi) is 5.65. The summed E-state index contributed by atoms with van der Waals surface area (Å²) >= 11 is 0. The number of aromatic nitrogens is 3. The SMILES string of the molecule is Cc1cn(-c2ccc3n(c2=O)CCN([C@@H]2CCC[C@@H]2Oc2ccc(F)cc2C(F)(F)F)C3=O)cn1. The molecular weight excluding hydrogens is 468 g/mol. The molecule has 1 aliphatic carbocycles. The van der Waals surface area contributed by atoms with Crippen LogP contribution in [0, 0.1) is 12.7 Å². The number of alkyl halides is 3. The molecule has 0 N–H and O–H groups in total. The van der Waals surface area contributed by atoms with Gasteiger partial charge in [-0.15, -0.1) is 0 Å². The van der Waals surface area contributed by atoms with Gasteiger partial charge >= 0.3 is 6.18 Å². The predicted molar refractivity (Wildman–Crippen MR) is 117 cm³/mol. The molecule has 35 heavy (non-hydrogen) atoms. The Morgan fingerprint density at radius 2 is 1.89 bits per heavy atom. The normalized spacial score (nSPS) is 20.3. The van der Waals surface area contributed by atoms with E-state index in [1.165, 1.54) is 10.9 Å². The van der Waals surface area contributed by atoms with Crippen molar-refractivity contribution >= 4 is 5.91 Å². The van der Waals surface area contributed by atoms with Gasteiger partial charge in [-0.1, -0.05) is 0 Å². The summed E-state index contributed by atoms with van der Waals surface area (Å²) < 4.78 is 62.5. The molecule has 0 unspecified atom stereocenters. The molecule has 3 heterocycles. The number of nitrogens with zero attached hydrogens (tertiary/aromatic N) is 4. The topological polar surface area (TPSA) is 69.4 Å². The maximum Gasteiger partial charge on any atom is 0.420 e. The van der Waals surface area contributed by atoms with Crippen molar-refractivity contribution in [2.24, 2.45) is 0 Å². The van der Waals surface area contributed by atoms with Crippen molar-refractivity contribution in [1.82, 2.24) is 19.0 Å². The van der Waals surface area contributed by atoms with Gasteiger partial charge in [0.25, 0.3) is 11.5 Å². The molecule has 0 radical (unpaired) electrons. The number of hydrogen-bond donors (Lipinski definition) is 0. The van der Waals surface area contributed by atoms with Gasteiger partial charge in [0.2, 0.25) is 0 Å². The maximum atomic E-state index is 13.5. The maximum absolute atomic E-state index is 13.5. The Bertz CT molecular complexity index is 1350. The van der Waals surface area contributed by atoms with Crippen LogP contribution in [0.2, 0.25) is 0 Å². The van der Waals surface area contributed by atoms with E-state index in [4.69, 9.17) is 4.74 Å². The second-order valence-electron chi connectivity index (χ2n) is 8.77. The molecule has 3 aromatic rings. The van der Waals surface area contributed by atoms with E-state index in [-0.39, 0.29) is 30.2 Å². The number of imidazole rings is 1. The highest BCUT2D eigenvalue weighted by atomic mass is 19.4. The second-order valence-corrected chi connectivity index (χ2v) is 8.77. The molecule has 11 heteroatoms. The highest BCUT2D eigenvalue weighted by Crippen LogP contribution is 2.39. The number of amides is 1. The summed E-state index contributed by atoms with van der Waals surface area (Å²) in [5.74, 6) is -1.85. The highest BCUT2D eigenvalue weighted by molar-refractivity contribution is 5.93. The molecule has 0 bridgehead atoms. The van der Waals surface area contributed by atoms with Crippen molar-refractivity contribution in [3.63, 3.8) is 0 Å². The Morgan fingerprint density at radius 3 is 2.60 bits per heavy atom. The van der Waals surface area contributed by atoms with Crippen LogP contribution >= 0.6 is 0 Å². The number of halogens is 4. The fourth-order valence-electron chi connectivity index (χ4n) is 4.89. The van der Waals surface area contributed by atoms with Crippen LogP contribution in [-0.4, -0.2) is 43.6 Å². The number of rotatable bonds is 4. The van der Waals surface area contributed by atoms with Crippen LogP contribution in [0.1, 0.15) is 41.0 Å². The van der Waals surface area contributed by atoms with E-state index in [2.05, 4.69) is 4.98 Å². The van der Waals surface area contributed by atoms with E-state index in [9.17, 15) is 27.2 Å². The molecule has 1 saturated carbocycles. The van der Waals surface area contributed by atoms with Gasteiger partial charge in [-0.05, 0) is 56.5 Å². The number of carbonyl (C=O) groups is 1. The molecule has 2 atom stereocenters. The lowest BCUT2D eigenvalue weighted by Gasteiger charge is -2.37. The molecule has 0 spiro atoms. The Morgan fingerprint density at radius 1 is 1.09 bits per heavy atom. The lowest BCUT2D eigenvalue weighted by atomic mass is 10.1. The molecular formula is C24H22F4N4O3. The second kappa shape index (κ2) is 8.54. The van der Waals surface area contributed by atoms with Crippen molar-refractivity contribution in [1.29, 1.82) is 0 Å². The van der Waals surface area contributed by atoms with Gasteiger partial charge in [-0.2, -0.15) is 13.2 Å². The summed E-state index contributed by atoms with van der Waals surface area (Å²) in [5.41, 5.74) is -0.184. The zero-order valence-corrected chi connectivity index (χ0v) is 18.8. The minimum atomic E-state index is -4.78. The van der Waals surface area contributed by atoms with Crippen LogP contribution in [0.15, 0.2) is 47.7 Å².